The summed E-state index contributed by atoms with van der Waals surface area (Å²) in [6, 6.07) is 16.1. The average molecular weight is 281 g/mol. The van der Waals surface area contributed by atoms with Gasteiger partial charge in [-0.25, -0.2) is 9.97 Å². The number of rotatable bonds is 4. The average Bonchev–Trinajstić information content (AvgIpc) is 2.92. The quantitative estimate of drug-likeness (QED) is 0.764. The highest BCUT2D eigenvalue weighted by Gasteiger charge is 2.12. The van der Waals surface area contributed by atoms with Crippen LogP contribution in [0.3, 0.4) is 0 Å². The first-order chi connectivity index (χ1) is 9.86. The third kappa shape index (κ3) is 2.70. The molecule has 0 radical (unpaired) electrons. The lowest BCUT2D eigenvalue weighted by atomic mass is 10.1. The zero-order valence-electron chi connectivity index (χ0n) is 11.2. The van der Waals surface area contributed by atoms with Crippen LogP contribution in [0.4, 0.5) is 10.8 Å². The highest BCUT2D eigenvalue weighted by Crippen LogP contribution is 2.34. The van der Waals surface area contributed by atoms with E-state index in [0.29, 0.717) is 0 Å². The van der Waals surface area contributed by atoms with Gasteiger partial charge in [-0.1, -0.05) is 43.3 Å². The fraction of sp³-hybridized carbons (Fsp3) is 0.125. The van der Waals surface area contributed by atoms with Crippen LogP contribution >= 0.6 is 11.3 Å². The van der Waals surface area contributed by atoms with Crippen molar-refractivity contribution in [1.82, 2.24) is 9.97 Å². The Bertz CT molecular complexity index is 677. The second-order valence-corrected chi connectivity index (χ2v) is 5.43. The number of aryl methyl sites for hydroxylation is 1. The topological polar surface area (TPSA) is 37.8 Å². The molecule has 0 aliphatic heterocycles. The molecule has 0 spiro atoms. The zero-order chi connectivity index (χ0) is 13.8. The summed E-state index contributed by atoms with van der Waals surface area (Å²) in [4.78, 5) is 9.04. The number of thiazole rings is 1. The molecule has 0 saturated carbocycles. The van der Waals surface area contributed by atoms with Crippen LogP contribution in [0.5, 0.6) is 0 Å². The van der Waals surface area contributed by atoms with E-state index in [0.717, 1.165) is 33.5 Å². The van der Waals surface area contributed by atoms with Crippen LogP contribution in [0.2, 0.25) is 0 Å². The second-order valence-electron chi connectivity index (χ2n) is 4.34. The SMILES string of the molecule is CCc1nc(-c2ccccc2)c(Nc2ccccn2)s1. The first kappa shape index (κ1) is 12.8. The Hall–Kier alpha value is -2.20. The Balaban J connectivity index is 2.00. The van der Waals surface area contributed by atoms with E-state index in [9.17, 15) is 0 Å². The van der Waals surface area contributed by atoms with E-state index in [4.69, 9.17) is 4.98 Å². The molecule has 0 aliphatic rings. The number of nitrogens with one attached hydrogen (secondary N) is 1. The van der Waals surface area contributed by atoms with Gasteiger partial charge in [-0.15, -0.1) is 11.3 Å². The van der Waals surface area contributed by atoms with E-state index in [-0.39, 0.29) is 0 Å². The van der Waals surface area contributed by atoms with Crippen molar-refractivity contribution in [3.63, 3.8) is 0 Å². The normalized spacial score (nSPS) is 10.4. The molecule has 3 aromatic rings. The Labute approximate surface area is 122 Å². The first-order valence-corrected chi connectivity index (χ1v) is 7.41. The highest BCUT2D eigenvalue weighted by atomic mass is 32.1. The minimum Gasteiger partial charge on any atom is -0.330 e. The van der Waals surface area contributed by atoms with Gasteiger partial charge in [0.2, 0.25) is 0 Å². The van der Waals surface area contributed by atoms with Crippen molar-refractivity contribution in [2.24, 2.45) is 0 Å². The zero-order valence-corrected chi connectivity index (χ0v) is 12.0. The number of hydrogen-bond donors (Lipinski definition) is 1. The Morgan fingerprint density at radius 2 is 1.85 bits per heavy atom. The largest absolute Gasteiger partial charge is 0.330 e. The molecule has 0 atom stereocenters. The number of hydrogen-bond acceptors (Lipinski definition) is 4. The lowest BCUT2D eigenvalue weighted by Crippen LogP contribution is -1.92. The minimum atomic E-state index is 0.844. The molecule has 3 rings (SSSR count). The molecule has 2 heterocycles. The summed E-state index contributed by atoms with van der Waals surface area (Å²) in [5, 5.41) is 5.55. The summed E-state index contributed by atoms with van der Waals surface area (Å²) in [5.41, 5.74) is 2.12. The molecule has 2 aromatic heterocycles. The molecule has 0 amide bonds. The second kappa shape index (κ2) is 5.84. The van der Waals surface area contributed by atoms with E-state index in [1.807, 2.05) is 36.4 Å². The van der Waals surface area contributed by atoms with E-state index in [2.05, 4.69) is 29.4 Å². The summed E-state index contributed by atoms with van der Waals surface area (Å²) >= 11 is 1.69. The van der Waals surface area contributed by atoms with Crippen molar-refractivity contribution in [3.05, 3.63) is 59.7 Å². The molecule has 0 unspecified atom stereocenters. The molecular weight excluding hydrogens is 266 g/mol. The van der Waals surface area contributed by atoms with Crippen LogP contribution in [-0.2, 0) is 6.42 Å². The lowest BCUT2D eigenvalue weighted by Gasteiger charge is -2.05. The van der Waals surface area contributed by atoms with Gasteiger partial charge in [0.15, 0.2) is 0 Å². The molecule has 0 fully saturated rings. The molecule has 0 bridgehead atoms. The van der Waals surface area contributed by atoms with Gasteiger partial charge in [-0.2, -0.15) is 0 Å². The Morgan fingerprint density at radius 1 is 1.05 bits per heavy atom. The standard InChI is InChI=1S/C16H15N3S/c1-2-14-19-15(12-8-4-3-5-9-12)16(20-14)18-13-10-6-7-11-17-13/h3-11H,2H2,1H3,(H,17,18). The number of nitrogens with zero attached hydrogens (tertiary/aromatic N) is 2. The van der Waals surface area contributed by atoms with Crippen molar-refractivity contribution in [2.75, 3.05) is 5.32 Å². The van der Waals surface area contributed by atoms with Gasteiger partial charge in [-0.05, 0) is 18.6 Å². The number of aromatic nitrogens is 2. The third-order valence-electron chi connectivity index (χ3n) is 2.93. The Kier molecular flexibility index (Phi) is 3.74. The molecule has 20 heavy (non-hydrogen) atoms. The first-order valence-electron chi connectivity index (χ1n) is 6.60. The van der Waals surface area contributed by atoms with Gasteiger partial charge in [0.05, 0.1) is 5.01 Å². The van der Waals surface area contributed by atoms with Gasteiger partial charge < -0.3 is 5.32 Å². The highest BCUT2D eigenvalue weighted by molar-refractivity contribution is 7.16. The van der Waals surface area contributed by atoms with Gasteiger partial charge in [0, 0.05) is 11.8 Å². The van der Waals surface area contributed by atoms with E-state index >= 15 is 0 Å². The molecule has 0 aliphatic carbocycles. The van der Waals surface area contributed by atoms with Crippen molar-refractivity contribution < 1.29 is 0 Å². The van der Waals surface area contributed by atoms with Crippen molar-refractivity contribution >= 4 is 22.2 Å². The Morgan fingerprint density at radius 3 is 2.55 bits per heavy atom. The third-order valence-corrected chi connectivity index (χ3v) is 4.04. The lowest BCUT2D eigenvalue weighted by molar-refractivity contribution is 1.10. The van der Waals surface area contributed by atoms with Crippen molar-refractivity contribution in [1.29, 1.82) is 0 Å². The maximum absolute atomic E-state index is 4.72. The van der Waals surface area contributed by atoms with Gasteiger partial charge in [0.25, 0.3) is 0 Å². The monoisotopic (exact) mass is 281 g/mol. The number of anilines is 2. The van der Waals surface area contributed by atoms with E-state index in [1.165, 1.54) is 0 Å². The smallest absolute Gasteiger partial charge is 0.130 e. The van der Waals surface area contributed by atoms with Crippen LogP contribution in [0.15, 0.2) is 54.7 Å². The van der Waals surface area contributed by atoms with Crippen molar-refractivity contribution in [2.45, 2.75) is 13.3 Å². The molecule has 3 nitrogen and oxygen atoms in total. The molecule has 1 aromatic carbocycles. The van der Waals surface area contributed by atoms with Gasteiger partial charge in [0.1, 0.15) is 16.5 Å². The van der Waals surface area contributed by atoms with E-state index < -0.39 is 0 Å². The number of pyridine rings is 1. The summed E-state index contributed by atoms with van der Waals surface area (Å²) in [7, 11) is 0. The molecule has 0 saturated heterocycles. The van der Waals surface area contributed by atoms with Crippen LogP contribution in [-0.4, -0.2) is 9.97 Å². The van der Waals surface area contributed by atoms with E-state index in [1.54, 1.807) is 17.5 Å². The van der Waals surface area contributed by atoms with Crippen LogP contribution in [0, 0.1) is 0 Å². The van der Waals surface area contributed by atoms with Gasteiger partial charge in [-0.3, -0.25) is 0 Å². The maximum Gasteiger partial charge on any atom is 0.130 e. The fourth-order valence-corrected chi connectivity index (χ4v) is 2.88. The summed E-state index contributed by atoms with van der Waals surface area (Å²) in [6.45, 7) is 2.12. The summed E-state index contributed by atoms with van der Waals surface area (Å²) in [6.07, 6.45) is 2.72. The summed E-state index contributed by atoms with van der Waals surface area (Å²) < 4.78 is 0. The molecule has 1 N–H and O–H groups in total. The fourth-order valence-electron chi connectivity index (χ4n) is 1.95. The van der Waals surface area contributed by atoms with Crippen LogP contribution in [0.1, 0.15) is 11.9 Å². The summed E-state index contributed by atoms with van der Waals surface area (Å²) in [5.74, 6) is 0.844. The maximum atomic E-state index is 4.72. The van der Waals surface area contributed by atoms with Gasteiger partial charge >= 0.3 is 0 Å². The predicted molar refractivity (Wildman–Crippen MR) is 84.4 cm³/mol. The predicted octanol–water partition coefficient (Wildman–Crippen LogP) is 4.51. The molecule has 4 heteroatoms. The van der Waals surface area contributed by atoms with Crippen molar-refractivity contribution in [3.8, 4) is 11.3 Å². The molecule has 100 valence electrons. The minimum absolute atomic E-state index is 0.844. The molecular formula is C16H15N3S. The van der Waals surface area contributed by atoms with Crippen LogP contribution < -0.4 is 5.32 Å². The van der Waals surface area contributed by atoms with Crippen LogP contribution in [0.25, 0.3) is 11.3 Å². The number of benzene rings is 1.